The number of rotatable bonds is 5. The monoisotopic (exact) mass is 237 g/mol. The summed E-state index contributed by atoms with van der Waals surface area (Å²) in [5, 5.41) is 13.1. The van der Waals surface area contributed by atoms with Gasteiger partial charge in [-0.3, -0.25) is 4.68 Å². The Morgan fingerprint density at radius 3 is 2.88 bits per heavy atom. The van der Waals surface area contributed by atoms with Crippen molar-refractivity contribution in [1.29, 1.82) is 0 Å². The number of aryl methyl sites for hydroxylation is 1. The van der Waals surface area contributed by atoms with Crippen molar-refractivity contribution in [2.24, 2.45) is 13.0 Å². The van der Waals surface area contributed by atoms with Crippen molar-refractivity contribution in [3.63, 3.8) is 0 Å². The molecule has 1 saturated carbocycles. The Kier molecular flexibility index (Phi) is 3.47. The molecule has 5 nitrogen and oxygen atoms in total. The van der Waals surface area contributed by atoms with Gasteiger partial charge in [0.1, 0.15) is 5.56 Å². The summed E-state index contributed by atoms with van der Waals surface area (Å²) in [5.74, 6) is -0.105. The molecule has 2 rings (SSSR count). The van der Waals surface area contributed by atoms with Crippen LogP contribution in [0.3, 0.4) is 0 Å². The Morgan fingerprint density at radius 2 is 2.35 bits per heavy atom. The molecule has 0 spiro atoms. The summed E-state index contributed by atoms with van der Waals surface area (Å²) >= 11 is 0. The summed E-state index contributed by atoms with van der Waals surface area (Å²) in [6.45, 7) is 1.69. The molecule has 94 valence electrons. The van der Waals surface area contributed by atoms with Crippen molar-refractivity contribution in [1.82, 2.24) is 14.7 Å². The second-order valence-electron chi connectivity index (χ2n) is 4.93. The average molecular weight is 237 g/mol. The molecule has 0 aromatic carbocycles. The molecule has 0 amide bonds. The molecule has 1 aliphatic carbocycles. The van der Waals surface area contributed by atoms with E-state index in [0.717, 1.165) is 18.2 Å². The largest absolute Gasteiger partial charge is 0.478 e. The third-order valence-corrected chi connectivity index (χ3v) is 3.51. The summed E-state index contributed by atoms with van der Waals surface area (Å²) < 4.78 is 1.65. The van der Waals surface area contributed by atoms with Gasteiger partial charge in [-0.2, -0.15) is 5.10 Å². The first-order valence-corrected chi connectivity index (χ1v) is 6.00. The SMILES string of the molecule is CN(Cc1c(C(=O)O)cnn1C)CC1CCC1. The number of carbonyl (C=O) groups is 1. The van der Waals surface area contributed by atoms with Crippen molar-refractivity contribution < 1.29 is 9.90 Å². The van der Waals surface area contributed by atoms with E-state index in [-0.39, 0.29) is 0 Å². The predicted molar refractivity (Wildman–Crippen MR) is 63.8 cm³/mol. The highest BCUT2D eigenvalue weighted by Crippen LogP contribution is 2.27. The third kappa shape index (κ3) is 2.66. The number of hydrogen-bond donors (Lipinski definition) is 1. The van der Waals surface area contributed by atoms with Crippen LogP contribution >= 0.6 is 0 Å². The van der Waals surface area contributed by atoms with E-state index in [1.54, 1.807) is 11.7 Å². The lowest BCUT2D eigenvalue weighted by atomic mass is 9.85. The van der Waals surface area contributed by atoms with Crippen LogP contribution in [0.1, 0.15) is 35.3 Å². The molecule has 1 aromatic rings. The fourth-order valence-electron chi connectivity index (χ4n) is 2.27. The highest BCUT2D eigenvalue weighted by atomic mass is 16.4. The Labute approximate surface area is 101 Å². The fourth-order valence-corrected chi connectivity index (χ4v) is 2.27. The lowest BCUT2D eigenvalue weighted by Gasteiger charge is -2.30. The predicted octanol–water partition coefficient (Wildman–Crippen LogP) is 1.35. The van der Waals surface area contributed by atoms with Gasteiger partial charge in [0.05, 0.1) is 11.9 Å². The van der Waals surface area contributed by atoms with Crippen molar-refractivity contribution in [2.75, 3.05) is 13.6 Å². The number of hydrogen-bond acceptors (Lipinski definition) is 3. The zero-order valence-corrected chi connectivity index (χ0v) is 10.4. The normalized spacial score (nSPS) is 16.2. The van der Waals surface area contributed by atoms with Gasteiger partial charge in [0, 0.05) is 20.1 Å². The highest BCUT2D eigenvalue weighted by Gasteiger charge is 2.21. The maximum absolute atomic E-state index is 11.0. The van der Waals surface area contributed by atoms with Crippen LogP contribution < -0.4 is 0 Å². The van der Waals surface area contributed by atoms with Gasteiger partial charge in [0.15, 0.2) is 0 Å². The number of aromatic carboxylic acids is 1. The molecule has 5 heteroatoms. The number of carboxylic acids is 1. The second-order valence-corrected chi connectivity index (χ2v) is 4.93. The lowest BCUT2D eigenvalue weighted by Crippen LogP contribution is -2.30. The smallest absolute Gasteiger partial charge is 0.339 e. The van der Waals surface area contributed by atoms with Gasteiger partial charge in [0.2, 0.25) is 0 Å². The first-order valence-electron chi connectivity index (χ1n) is 6.00. The molecular formula is C12H19N3O2. The van der Waals surface area contributed by atoms with E-state index in [4.69, 9.17) is 5.11 Å². The van der Waals surface area contributed by atoms with Crippen LogP contribution in [0.2, 0.25) is 0 Å². The van der Waals surface area contributed by atoms with Crippen LogP contribution in [0, 0.1) is 5.92 Å². The highest BCUT2D eigenvalue weighted by molar-refractivity contribution is 5.88. The van der Waals surface area contributed by atoms with Crippen LogP contribution in [0.25, 0.3) is 0 Å². The van der Waals surface area contributed by atoms with Gasteiger partial charge < -0.3 is 10.0 Å². The Bertz CT molecular complexity index is 410. The van der Waals surface area contributed by atoms with Crippen molar-refractivity contribution in [3.05, 3.63) is 17.5 Å². The summed E-state index contributed by atoms with van der Waals surface area (Å²) in [7, 11) is 3.83. The summed E-state index contributed by atoms with van der Waals surface area (Å²) in [6.07, 6.45) is 5.38. The molecule has 1 N–H and O–H groups in total. The maximum Gasteiger partial charge on any atom is 0.339 e. The second kappa shape index (κ2) is 4.87. The first-order chi connectivity index (χ1) is 8.08. The molecule has 0 saturated heterocycles. The van der Waals surface area contributed by atoms with E-state index < -0.39 is 5.97 Å². The van der Waals surface area contributed by atoms with Gasteiger partial charge in [-0.1, -0.05) is 6.42 Å². The molecule has 1 aliphatic rings. The Balaban J connectivity index is 2.01. The molecule has 1 fully saturated rings. The number of aromatic nitrogens is 2. The van der Waals surface area contributed by atoms with E-state index in [0.29, 0.717) is 12.1 Å². The average Bonchev–Trinajstić information content (AvgIpc) is 2.55. The minimum atomic E-state index is -0.898. The van der Waals surface area contributed by atoms with E-state index in [9.17, 15) is 4.79 Å². The van der Waals surface area contributed by atoms with Crippen molar-refractivity contribution in [3.8, 4) is 0 Å². The summed E-state index contributed by atoms with van der Waals surface area (Å²) in [4.78, 5) is 13.2. The summed E-state index contributed by atoms with van der Waals surface area (Å²) in [6, 6.07) is 0. The molecule has 0 unspecified atom stereocenters. The van der Waals surface area contributed by atoms with Crippen molar-refractivity contribution >= 4 is 5.97 Å². The molecule has 1 heterocycles. The zero-order chi connectivity index (χ0) is 12.4. The van der Waals surface area contributed by atoms with Crippen LogP contribution in [0.4, 0.5) is 0 Å². The van der Waals surface area contributed by atoms with Gasteiger partial charge >= 0.3 is 5.97 Å². The van der Waals surface area contributed by atoms with Crippen LogP contribution in [-0.2, 0) is 13.6 Å². The Hall–Kier alpha value is -1.36. The molecule has 0 aliphatic heterocycles. The Morgan fingerprint density at radius 1 is 1.65 bits per heavy atom. The van der Waals surface area contributed by atoms with E-state index in [1.165, 1.54) is 25.5 Å². The fraction of sp³-hybridized carbons (Fsp3) is 0.667. The van der Waals surface area contributed by atoms with Gasteiger partial charge in [-0.05, 0) is 25.8 Å². The first kappa shape index (κ1) is 12.1. The van der Waals surface area contributed by atoms with E-state index in [2.05, 4.69) is 10.00 Å². The molecule has 17 heavy (non-hydrogen) atoms. The standard InChI is InChI=1S/C12H19N3O2/c1-14(7-9-4-3-5-9)8-11-10(12(16)17)6-13-15(11)2/h6,9H,3-5,7-8H2,1-2H3,(H,16,17). The van der Waals surface area contributed by atoms with Crippen LogP contribution in [0.15, 0.2) is 6.20 Å². The maximum atomic E-state index is 11.0. The molecule has 0 atom stereocenters. The number of carboxylic acid groups (broad SMARTS) is 1. The number of nitrogens with zero attached hydrogens (tertiary/aromatic N) is 3. The van der Waals surface area contributed by atoms with Crippen LogP contribution in [-0.4, -0.2) is 39.3 Å². The van der Waals surface area contributed by atoms with E-state index >= 15 is 0 Å². The topological polar surface area (TPSA) is 58.4 Å². The third-order valence-electron chi connectivity index (χ3n) is 3.51. The van der Waals surface area contributed by atoms with Gasteiger partial charge in [-0.15, -0.1) is 0 Å². The lowest BCUT2D eigenvalue weighted by molar-refractivity contribution is 0.0694. The van der Waals surface area contributed by atoms with E-state index in [1.807, 2.05) is 7.05 Å². The molecule has 0 bridgehead atoms. The molecule has 0 radical (unpaired) electrons. The quantitative estimate of drug-likeness (QED) is 0.839. The van der Waals surface area contributed by atoms with Crippen molar-refractivity contribution in [2.45, 2.75) is 25.8 Å². The molecule has 1 aromatic heterocycles. The zero-order valence-electron chi connectivity index (χ0n) is 10.4. The summed E-state index contributed by atoms with van der Waals surface area (Å²) in [5.41, 5.74) is 1.09. The van der Waals surface area contributed by atoms with Gasteiger partial charge in [-0.25, -0.2) is 4.79 Å². The van der Waals surface area contributed by atoms with Gasteiger partial charge in [0.25, 0.3) is 0 Å². The minimum Gasteiger partial charge on any atom is -0.478 e. The minimum absolute atomic E-state index is 0.313. The molecular weight excluding hydrogens is 218 g/mol. The van der Waals surface area contributed by atoms with Crippen LogP contribution in [0.5, 0.6) is 0 Å².